The Morgan fingerprint density at radius 2 is 2.25 bits per heavy atom. The third-order valence-corrected chi connectivity index (χ3v) is 6.09. The van der Waals surface area contributed by atoms with E-state index in [9.17, 15) is 0 Å². The Bertz CT molecular complexity index is 610. The van der Waals surface area contributed by atoms with E-state index in [4.69, 9.17) is 11.6 Å². The molecule has 1 nitrogen and oxygen atoms in total. The van der Waals surface area contributed by atoms with Crippen molar-refractivity contribution >= 4 is 45.5 Å². The zero-order valence-corrected chi connectivity index (χ0v) is 15.1. The molecule has 20 heavy (non-hydrogen) atoms. The van der Waals surface area contributed by atoms with Gasteiger partial charge in [-0.1, -0.05) is 23.7 Å². The van der Waals surface area contributed by atoms with Crippen LogP contribution in [0.4, 0.5) is 0 Å². The molecule has 1 aromatic heterocycles. The molecule has 106 valence electrons. The summed E-state index contributed by atoms with van der Waals surface area (Å²) in [5.74, 6) is 0. The molecule has 2 unspecified atom stereocenters. The minimum Gasteiger partial charge on any atom is -0.303 e. The highest BCUT2D eigenvalue weighted by atomic mass is 127. The first-order chi connectivity index (χ1) is 9.63. The lowest BCUT2D eigenvalue weighted by Crippen LogP contribution is -2.27. The maximum atomic E-state index is 6.09. The van der Waals surface area contributed by atoms with E-state index in [1.165, 1.54) is 33.3 Å². The van der Waals surface area contributed by atoms with E-state index in [1.54, 1.807) is 4.88 Å². The SMILES string of the molecule is CC(NC1CCCc2sc(I)cc21)c1cccc(Cl)c1. The third-order valence-electron chi connectivity index (χ3n) is 3.88. The van der Waals surface area contributed by atoms with Crippen LogP contribution < -0.4 is 5.32 Å². The van der Waals surface area contributed by atoms with Gasteiger partial charge < -0.3 is 5.32 Å². The molecule has 0 radical (unpaired) electrons. The van der Waals surface area contributed by atoms with E-state index in [0.29, 0.717) is 12.1 Å². The Morgan fingerprint density at radius 1 is 1.40 bits per heavy atom. The number of thiophene rings is 1. The van der Waals surface area contributed by atoms with Gasteiger partial charge >= 0.3 is 0 Å². The van der Waals surface area contributed by atoms with E-state index in [2.05, 4.69) is 53.0 Å². The van der Waals surface area contributed by atoms with Gasteiger partial charge in [-0.2, -0.15) is 0 Å². The van der Waals surface area contributed by atoms with Gasteiger partial charge in [0.1, 0.15) is 0 Å². The van der Waals surface area contributed by atoms with Crippen molar-refractivity contribution in [2.75, 3.05) is 0 Å². The summed E-state index contributed by atoms with van der Waals surface area (Å²) >= 11 is 10.5. The van der Waals surface area contributed by atoms with Crippen molar-refractivity contribution in [3.05, 3.63) is 54.2 Å². The number of hydrogen-bond donors (Lipinski definition) is 1. The van der Waals surface area contributed by atoms with Gasteiger partial charge in [0.25, 0.3) is 0 Å². The van der Waals surface area contributed by atoms with Crippen LogP contribution in [0, 0.1) is 2.88 Å². The lowest BCUT2D eigenvalue weighted by atomic mass is 9.93. The Hall–Kier alpha value is -0.100. The molecule has 1 aliphatic carbocycles. The molecule has 2 aromatic rings. The fraction of sp³-hybridized carbons (Fsp3) is 0.375. The second-order valence-electron chi connectivity index (χ2n) is 5.32. The van der Waals surface area contributed by atoms with Gasteiger partial charge in [-0.25, -0.2) is 0 Å². The highest BCUT2D eigenvalue weighted by Crippen LogP contribution is 2.37. The highest BCUT2D eigenvalue weighted by Gasteiger charge is 2.24. The van der Waals surface area contributed by atoms with Crippen LogP contribution in [0.5, 0.6) is 0 Å². The number of nitrogens with one attached hydrogen (secondary N) is 1. The standard InChI is InChI=1S/C16H17ClINS/c1-10(11-4-2-5-12(17)8-11)19-14-6-3-7-15-13(14)9-16(18)20-15/h2,4-5,8-10,14,19H,3,6-7H2,1H3. The van der Waals surface area contributed by atoms with Gasteiger partial charge in [0, 0.05) is 22.0 Å². The molecule has 0 aliphatic heterocycles. The number of halogens is 2. The predicted octanol–water partition coefficient (Wildman–Crippen LogP) is 5.73. The Labute approximate surface area is 142 Å². The molecule has 2 atom stereocenters. The normalized spacial score (nSPS) is 19.6. The first-order valence-corrected chi connectivity index (χ1v) is 9.20. The van der Waals surface area contributed by atoms with Crippen molar-refractivity contribution in [1.82, 2.24) is 5.32 Å². The van der Waals surface area contributed by atoms with Gasteiger partial charge in [0.15, 0.2) is 0 Å². The molecule has 1 heterocycles. The second kappa shape index (κ2) is 6.34. The number of aryl methyl sites for hydroxylation is 1. The molecule has 1 aromatic carbocycles. The Balaban J connectivity index is 1.78. The molecule has 1 aliphatic rings. The first kappa shape index (κ1) is 14.8. The summed E-state index contributed by atoms with van der Waals surface area (Å²) in [5.41, 5.74) is 2.77. The zero-order chi connectivity index (χ0) is 14.1. The number of benzene rings is 1. The number of fused-ring (bicyclic) bond motifs is 1. The molecular weight excluding hydrogens is 401 g/mol. The molecule has 0 fully saturated rings. The molecule has 1 N–H and O–H groups in total. The third kappa shape index (κ3) is 3.21. The maximum absolute atomic E-state index is 6.09. The van der Waals surface area contributed by atoms with Crippen molar-refractivity contribution in [2.24, 2.45) is 0 Å². The van der Waals surface area contributed by atoms with Crippen molar-refractivity contribution in [3.8, 4) is 0 Å². The molecule has 0 bridgehead atoms. The van der Waals surface area contributed by atoms with E-state index in [-0.39, 0.29) is 0 Å². The molecule has 0 saturated heterocycles. The molecule has 0 spiro atoms. The summed E-state index contributed by atoms with van der Waals surface area (Å²) < 4.78 is 1.40. The quantitative estimate of drug-likeness (QED) is 0.628. The summed E-state index contributed by atoms with van der Waals surface area (Å²) in [6.45, 7) is 2.22. The Kier molecular flexibility index (Phi) is 4.70. The van der Waals surface area contributed by atoms with Crippen LogP contribution in [0.1, 0.15) is 47.9 Å². The fourth-order valence-corrected chi connectivity index (χ4v) is 5.19. The van der Waals surface area contributed by atoms with Crippen LogP contribution in [0.3, 0.4) is 0 Å². The van der Waals surface area contributed by atoms with Crippen LogP contribution in [-0.2, 0) is 6.42 Å². The summed E-state index contributed by atoms with van der Waals surface area (Å²) in [6, 6.07) is 11.3. The van der Waals surface area contributed by atoms with Gasteiger partial charge in [0.05, 0.1) is 2.88 Å². The average Bonchev–Trinajstić information content (AvgIpc) is 2.80. The van der Waals surface area contributed by atoms with Crippen molar-refractivity contribution < 1.29 is 0 Å². The molecule has 0 saturated carbocycles. The number of hydrogen-bond acceptors (Lipinski definition) is 2. The van der Waals surface area contributed by atoms with E-state index >= 15 is 0 Å². The topological polar surface area (TPSA) is 12.0 Å². The van der Waals surface area contributed by atoms with Gasteiger partial charge in [-0.05, 0) is 78.1 Å². The summed E-state index contributed by atoms with van der Waals surface area (Å²) in [6.07, 6.45) is 3.75. The lowest BCUT2D eigenvalue weighted by molar-refractivity contribution is 0.418. The maximum Gasteiger partial charge on any atom is 0.0659 e. The minimum absolute atomic E-state index is 0.321. The largest absolute Gasteiger partial charge is 0.303 e. The second-order valence-corrected chi connectivity index (χ2v) is 8.78. The fourth-order valence-electron chi connectivity index (χ4n) is 2.87. The smallest absolute Gasteiger partial charge is 0.0659 e. The van der Waals surface area contributed by atoms with Crippen molar-refractivity contribution in [1.29, 1.82) is 0 Å². The van der Waals surface area contributed by atoms with Gasteiger partial charge in [-0.3, -0.25) is 0 Å². The lowest BCUT2D eigenvalue weighted by Gasteiger charge is -2.27. The zero-order valence-electron chi connectivity index (χ0n) is 11.3. The average molecular weight is 418 g/mol. The van der Waals surface area contributed by atoms with E-state index < -0.39 is 0 Å². The molecule has 0 amide bonds. The predicted molar refractivity (Wildman–Crippen MR) is 95.7 cm³/mol. The summed E-state index contributed by atoms with van der Waals surface area (Å²) in [4.78, 5) is 1.57. The van der Waals surface area contributed by atoms with Crippen molar-refractivity contribution in [3.63, 3.8) is 0 Å². The summed E-state index contributed by atoms with van der Waals surface area (Å²) in [7, 11) is 0. The Morgan fingerprint density at radius 3 is 3.05 bits per heavy atom. The van der Waals surface area contributed by atoms with Gasteiger partial charge in [0.2, 0.25) is 0 Å². The van der Waals surface area contributed by atoms with Crippen LogP contribution in [-0.4, -0.2) is 0 Å². The van der Waals surface area contributed by atoms with Crippen LogP contribution in [0.15, 0.2) is 30.3 Å². The number of rotatable bonds is 3. The first-order valence-electron chi connectivity index (χ1n) is 6.93. The van der Waals surface area contributed by atoms with Gasteiger partial charge in [-0.15, -0.1) is 11.3 Å². The molecule has 4 heteroatoms. The van der Waals surface area contributed by atoms with Crippen LogP contribution in [0.25, 0.3) is 0 Å². The van der Waals surface area contributed by atoms with E-state index in [1.807, 2.05) is 23.5 Å². The highest BCUT2D eigenvalue weighted by molar-refractivity contribution is 14.1. The molecule has 3 rings (SSSR count). The molecular formula is C16H17ClINS. The summed E-state index contributed by atoms with van der Waals surface area (Å²) in [5, 5.41) is 4.59. The monoisotopic (exact) mass is 417 g/mol. The van der Waals surface area contributed by atoms with Crippen LogP contribution in [0.2, 0.25) is 5.02 Å². The van der Waals surface area contributed by atoms with Crippen molar-refractivity contribution in [2.45, 2.75) is 38.3 Å². The van der Waals surface area contributed by atoms with Crippen LogP contribution >= 0.6 is 45.5 Å². The van der Waals surface area contributed by atoms with E-state index in [0.717, 1.165) is 5.02 Å². The minimum atomic E-state index is 0.321.